The number of aromatic nitrogens is 3. The molecule has 1 aliphatic heterocycles. The standard InChI is InChI=1S/C26H33FN8O2S/c1-34-14-11-17(12-15-34)29-21-9-8-18(16-20(21)27)30-26-32-24-19(10-13-28-24)25(33-26)31-22-6-4-5-7-23(22)35(2)38(3,36)37/h4-5,7-10,13,16-17,22,29H,6,11-12,14-15H2,1-3H3,(H3,28,30,31,32,33). The van der Waals surface area contributed by atoms with E-state index in [1.54, 1.807) is 24.4 Å². The highest BCUT2D eigenvalue weighted by atomic mass is 32.2. The van der Waals surface area contributed by atoms with Crippen LogP contribution in [0.2, 0.25) is 0 Å². The Morgan fingerprint density at radius 3 is 2.68 bits per heavy atom. The fraction of sp³-hybridized carbons (Fsp3) is 0.385. The van der Waals surface area contributed by atoms with Crippen LogP contribution >= 0.6 is 0 Å². The summed E-state index contributed by atoms with van der Waals surface area (Å²) in [7, 11) is 0.203. The molecule has 10 nitrogen and oxygen atoms in total. The van der Waals surface area contributed by atoms with Crippen LogP contribution in [0.4, 0.5) is 27.5 Å². The third kappa shape index (κ3) is 5.76. The van der Waals surface area contributed by atoms with Gasteiger partial charge in [0.25, 0.3) is 0 Å². The lowest BCUT2D eigenvalue weighted by molar-refractivity contribution is 0.263. The largest absolute Gasteiger partial charge is 0.380 e. The van der Waals surface area contributed by atoms with Crippen LogP contribution in [0.3, 0.4) is 0 Å². The number of fused-ring (bicyclic) bond motifs is 1. The zero-order chi connectivity index (χ0) is 26.9. The van der Waals surface area contributed by atoms with Gasteiger partial charge in [-0.3, -0.25) is 4.31 Å². The van der Waals surface area contributed by atoms with Gasteiger partial charge in [0.15, 0.2) is 0 Å². The van der Waals surface area contributed by atoms with Crippen molar-refractivity contribution in [2.24, 2.45) is 0 Å². The Balaban J connectivity index is 1.35. The Hall–Kier alpha value is -3.64. The maximum Gasteiger partial charge on any atom is 0.231 e. The van der Waals surface area contributed by atoms with Gasteiger partial charge in [-0.2, -0.15) is 9.97 Å². The van der Waals surface area contributed by atoms with Crippen molar-refractivity contribution in [1.29, 1.82) is 0 Å². The third-order valence-electron chi connectivity index (χ3n) is 7.02. The summed E-state index contributed by atoms with van der Waals surface area (Å²) in [6.45, 7) is 1.99. The molecule has 3 aromatic rings. The molecule has 0 radical (unpaired) electrons. The van der Waals surface area contributed by atoms with Gasteiger partial charge < -0.3 is 25.8 Å². The van der Waals surface area contributed by atoms with Crippen LogP contribution in [-0.2, 0) is 10.0 Å². The minimum absolute atomic E-state index is 0.252. The molecule has 5 rings (SSSR count). The SMILES string of the molecule is CN1CCC(Nc2ccc(Nc3nc(NC4CC=CC=C4N(C)S(C)(=O)=O)c4cc[nH]c4n3)cc2F)CC1. The van der Waals surface area contributed by atoms with Crippen LogP contribution < -0.4 is 16.0 Å². The van der Waals surface area contributed by atoms with Crippen molar-refractivity contribution in [3.8, 4) is 0 Å². The average Bonchev–Trinajstić information content (AvgIpc) is 3.35. The summed E-state index contributed by atoms with van der Waals surface area (Å²) >= 11 is 0. The summed E-state index contributed by atoms with van der Waals surface area (Å²) in [5.41, 5.74) is 2.21. The molecule has 1 fully saturated rings. The molecule has 12 heteroatoms. The predicted molar refractivity (Wildman–Crippen MR) is 150 cm³/mol. The fourth-order valence-corrected chi connectivity index (χ4v) is 5.32. The zero-order valence-electron chi connectivity index (χ0n) is 21.7. The number of allylic oxidation sites excluding steroid dienone is 2. The third-order valence-corrected chi connectivity index (χ3v) is 8.23. The van der Waals surface area contributed by atoms with E-state index in [1.165, 1.54) is 23.7 Å². The van der Waals surface area contributed by atoms with Crippen LogP contribution in [0.15, 0.2) is 54.4 Å². The first kappa shape index (κ1) is 26.0. The van der Waals surface area contributed by atoms with Crippen molar-refractivity contribution in [2.45, 2.75) is 31.3 Å². The molecule has 0 spiro atoms. The molecule has 2 aromatic heterocycles. The normalized spacial score (nSPS) is 18.8. The lowest BCUT2D eigenvalue weighted by Gasteiger charge is -2.30. The number of aromatic amines is 1. The molecular weight excluding hydrogens is 507 g/mol. The summed E-state index contributed by atoms with van der Waals surface area (Å²) in [5, 5.41) is 10.6. The van der Waals surface area contributed by atoms with E-state index in [0.717, 1.165) is 31.3 Å². The van der Waals surface area contributed by atoms with Gasteiger partial charge in [-0.15, -0.1) is 0 Å². The minimum atomic E-state index is -3.43. The molecular formula is C26H33FN8O2S. The summed E-state index contributed by atoms with van der Waals surface area (Å²) in [4.78, 5) is 14.6. The maximum atomic E-state index is 15.0. The van der Waals surface area contributed by atoms with E-state index < -0.39 is 10.0 Å². The summed E-state index contributed by atoms with van der Waals surface area (Å²) in [6.07, 6.45) is 11.1. The Morgan fingerprint density at radius 2 is 1.95 bits per heavy atom. The number of rotatable bonds is 8. The number of halogens is 1. The molecule has 0 bridgehead atoms. The van der Waals surface area contributed by atoms with Crippen LogP contribution in [0.1, 0.15) is 19.3 Å². The predicted octanol–water partition coefficient (Wildman–Crippen LogP) is 3.86. The molecule has 1 atom stereocenters. The summed E-state index contributed by atoms with van der Waals surface area (Å²) in [6, 6.07) is 6.75. The molecule has 0 amide bonds. The minimum Gasteiger partial charge on any atom is -0.380 e. The van der Waals surface area contributed by atoms with Crippen LogP contribution in [-0.4, -0.2) is 78.1 Å². The number of nitrogens with one attached hydrogen (secondary N) is 4. The van der Waals surface area contributed by atoms with Crippen LogP contribution in [0.25, 0.3) is 11.0 Å². The van der Waals surface area contributed by atoms with Gasteiger partial charge in [-0.25, -0.2) is 12.8 Å². The second-order valence-corrected chi connectivity index (χ2v) is 11.9. The number of likely N-dealkylation sites (N-methyl/N-ethyl adjacent to an activating group) is 1. The van der Waals surface area contributed by atoms with Crippen LogP contribution in [0.5, 0.6) is 0 Å². The number of anilines is 4. The van der Waals surface area contributed by atoms with E-state index in [9.17, 15) is 12.8 Å². The number of sulfonamides is 1. The van der Waals surface area contributed by atoms with Crippen molar-refractivity contribution in [3.63, 3.8) is 0 Å². The number of hydrogen-bond donors (Lipinski definition) is 4. The monoisotopic (exact) mass is 540 g/mol. The van der Waals surface area contributed by atoms with Crippen molar-refractivity contribution in [1.82, 2.24) is 24.2 Å². The first-order valence-corrected chi connectivity index (χ1v) is 14.5. The van der Waals surface area contributed by atoms with Crippen molar-refractivity contribution in [2.75, 3.05) is 49.4 Å². The van der Waals surface area contributed by atoms with Crippen molar-refractivity contribution in [3.05, 3.63) is 60.2 Å². The van der Waals surface area contributed by atoms with Gasteiger partial charge >= 0.3 is 0 Å². The molecule has 0 saturated carbocycles. The van der Waals surface area contributed by atoms with Gasteiger partial charge in [0, 0.05) is 25.0 Å². The highest BCUT2D eigenvalue weighted by Gasteiger charge is 2.25. The van der Waals surface area contributed by atoms with Gasteiger partial charge in [0.2, 0.25) is 16.0 Å². The van der Waals surface area contributed by atoms with Crippen LogP contribution in [0, 0.1) is 5.82 Å². The number of likely N-dealkylation sites (tertiary alicyclic amines) is 1. The molecule has 1 saturated heterocycles. The molecule has 38 heavy (non-hydrogen) atoms. The number of nitrogens with zero attached hydrogens (tertiary/aromatic N) is 4. The van der Waals surface area contributed by atoms with Crippen molar-refractivity contribution >= 4 is 44.2 Å². The topological polar surface area (TPSA) is 118 Å². The lowest BCUT2D eigenvalue weighted by atomic mass is 10.0. The first-order valence-electron chi connectivity index (χ1n) is 12.6. The maximum absolute atomic E-state index is 15.0. The fourth-order valence-electron chi connectivity index (χ4n) is 4.75. The zero-order valence-corrected chi connectivity index (χ0v) is 22.5. The second-order valence-electron chi connectivity index (χ2n) is 9.86. The molecule has 1 aromatic carbocycles. The van der Waals surface area contributed by atoms with Gasteiger partial charge in [-0.1, -0.05) is 12.2 Å². The second kappa shape index (κ2) is 10.6. The number of benzene rings is 1. The van der Waals surface area contributed by atoms with Gasteiger partial charge in [0.1, 0.15) is 17.3 Å². The molecule has 1 aliphatic carbocycles. The van der Waals surface area contributed by atoms with E-state index in [0.29, 0.717) is 35.0 Å². The van der Waals surface area contributed by atoms with E-state index in [-0.39, 0.29) is 23.8 Å². The Bertz CT molecular complexity index is 1480. The Labute approximate surface area is 222 Å². The van der Waals surface area contributed by atoms with E-state index in [4.69, 9.17) is 0 Å². The van der Waals surface area contributed by atoms with E-state index in [1.807, 2.05) is 18.2 Å². The van der Waals surface area contributed by atoms with Gasteiger partial charge in [0.05, 0.1) is 29.1 Å². The number of piperidine rings is 1. The molecule has 1 unspecified atom stereocenters. The van der Waals surface area contributed by atoms with Crippen molar-refractivity contribution < 1.29 is 12.8 Å². The Kier molecular flexibility index (Phi) is 7.26. The average molecular weight is 541 g/mol. The molecule has 4 N–H and O–H groups in total. The lowest BCUT2D eigenvalue weighted by Crippen LogP contribution is -2.36. The first-order chi connectivity index (χ1) is 18.2. The van der Waals surface area contributed by atoms with Gasteiger partial charge in [-0.05, 0) is 69.7 Å². The highest BCUT2D eigenvalue weighted by Crippen LogP contribution is 2.29. The smallest absolute Gasteiger partial charge is 0.231 e. The molecule has 3 heterocycles. The highest BCUT2D eigenvalue weighted by molar-refractivity contribution is 7.88. The molecule has 2 aliphatic rings. The number of hydrogen-bond acceptors (Lipinski definition) is 8. The Morgan fingerprint density at radius 1 is 1.16 bits per heavy atom. The number of H-pyrrole nitrogens is 1. The van der Waals surface area contributed by atoms with E-state index >= 15 is 0 Å². The molecule has 202 valence electrons. The summed E-state index contributed by atoms with van der Waals surface area (Å²) < 4.78 is 40.6. The summed E-state index contributed by atoms with van der Waals surface area (Å²) in [5.74, 6) is 0.472. The van der Waals surface area contributed by atoms with E-state index in [2.05, 4.69) is 42.8 Å². The quantitative estimate of drug-likeness (QED) is 0.340.